The number of nitrogens with zero attached hydrogens (tertiary/aromatic N) is 1. The van der Waals surface area contributed by atoms with Crippen LogP contribution in [0.15, 0.2) is 0 Å². The molecule has 14 heavy (non-hydrogen) atoms. The summed E-state index contributed by atoms with van der Waals surface area (Å²) in [4.78, 5) is 13.3. The van der Waals surface area contributed by atoms with E-state index in [-0.39, 0.29) is 11.5 Å². The van der Waals surface area contributed by atoms with Gasteiger partial charge in [0.15, 0.2) is 0 Å². The summed E-state index contributed by atoms with van der Waals surface area (Å²) < 4.78 is 4.63. The summed E-state index contributed by atoms with van der Waals surface area (Å²) in [6.07, 6.45) is 0.486. The predicted molar refractivity (Wildman–Crippen MR) is 55.2 cm³/mol. The summed E-state index contributed by atoms with van der Waals surface area (Å²) in [5.41, 5.74) is 0.145. The van der Waals surface area contributed by atoms with Crippen molar-refractivity contribution in [1.82, 2.24) is 10.2 Å². The monoisotopic (exact) mass is 200 g/mol. The lowest BCUT2D eigenvalue weighted by molar-refractivity contribution is -0.141. The Hall–Kier alpha value is -0.610. The molecule has 1 aliphatic rings. The largest absolute Gasteiger partial charge is 0.469 e. The van der Waals surface area contributed by atoms with Gasteiger partial charge in [-0.15, -0.1) is 0 Å². The van der Waals surface area contributed by atoms with Crippen LogP contribution in [0, 0.1) is 0 Å². The molecule has 0 spiro atoms. The zero-order valence-corrected chi connectivity index (χ0v) is 9.30. The predicted octanol–water partition coefficient (Wildman–Crippen LogP) is 0.233. The minimum Gasteiger partial charge on any atom is -0.469 e. The average Bonchev–Trinajstić information content (AvgIpc) is 2.15. The van der Waals surface area contributed by atoms with Gasteiger partial charge in [0.25, 0.3) is 0 Å². The number of methoxy groups -OCH3 is 1. The van der Waals surface area contributed by atoms with E-state index in [0.717, 1.165) is 26.2 Å². The minimum atomic E-state index is -0.126. The van der Waals surface area contributed by atoms with Crippen molar-refractivity contribution < 1.29 is 9.53 Å². The number of piperazine rings is 1. The molecule has 1 aliphatic heterocycles. The van der Waals surface area contributed by atoms with Gasteiger partial charge in [-0.2, -0.15) is 0 Å². The fourth-order valence-electron chi connectivity index (χ4n) is 1.77. The number of hydrogen-bond donors (Lipinski definition) is 1. The van der Waals surface area contributed by atoms with Crippen LogP contribution < -0.4 is 5.32 Å². The fraction of sp³-hybridized carbons (Fsp3) is 0.900. The summed E-state index contributed by atoms with van der Waals surface area (Å²) >= 11 is 0. The molecule has 1 N–H and O–H groups in total. The van der Waals surface area contributed by atoms with Crippen molar-refractivity contribution in [3.05, 3.63) is 0 Å². The second kappa shape index (κ2) is 4.75. The molecule has 0 radical (unpaired) electrons. The standard InChI is InChI=1S/C10H20N2O2/c1-10(2)8-11-5-7-12(10)6-4-9(13)14-3/h11H,4-8H2,1-3H3. The highest BCUT2D eigenvalue weighted by atomic mass is 16.5. The van der Waals surface area contributed by atoms with Gasteiger partial charge in [-0.05, 0) is 13.8 Å². The smallest absolute Gasteiger partial charge is 0.306 e. The lowest BCUT2D eigenvalue weighted by Gasteiger charge is -2.42. The molecule has 0 aliphatic carbocycles. The minimum absolute atomic E-state index is 0.126. The summed E-state index contributed by atoms with van der Waals surface area (Å²) in [7, 11) is 1.44. The van der Waals surface area contributed by atoms with Crippen LogP contribution in [0.4, 0.5) is 0 Å². The molecule has 82 valence electrons. The third kappa shape index (κ3) is 2.96. The van der Waals surface area contributed by atoms with Crippen LogP contribution in [0.5, 0.6) is 0 Å². The number of ether oxygens (including phenoxy) is 1. The summed E-state index contributed by atoms with van der Waals surface area (Å²) in [5.74, 6) is -0.126. The normalized spacial score (nSPS) is 21.9. The van der Waals surface area contributed by atoms with Gasteiger partial charge in [-0.1, -0.05) is 0 Å². The molecule has 1 heterocycles. The van der Waals surface area contributed by atoms with Crippen LogP contribution in [0.1, 0.15) is 20.3 Å². The third-order valence-electron chi connectivity index (χ3n) is 2.79. The number of esters is 1. The van der Waals surface area contributed by atoms with E-state index < -0.39 is 0 Å². The molecule has 1 rings (SSSR count). The quantitative estimate of drug-likeness (QED) is 0.662. The Balaban J connectivity index is 2.38. The van der Waals surface area contributed by atoms with Crippen molar-refractivity contribution in [3.8, 4) is 0 Å². The molecule has 0 saturated carbocycles. The van der Waals surface area contributed by atoms with Gasteiger partial charge in [-0.3, -0.25) is 9.69 Å². The van der Waals surface area contributed by atoms with Gasteiger partial charge < -0.3 is 10.1 Å². The zero-order valence-electron chi connectivity index (χ0n) is 9.30. The van der Waals surface area contributed by atoms with E-state index in [2.05, 4.69) is 28.8 Å². The van der Waals surface area contributed by atoms with Gasteiger partial charge >= 0.3 is 5.97 Å². The van der Waals surface area contributed by atoms with Crippen LogP contribution in [-0.4, -0.2) is 49.7 Å². The topological polar surface area (TPSA) is 41.6 Å². The fourth-order valence-corrected chi connectivity index (χ4v) is 1.77. The van der Waals surface area contributed by atoms with Crippen LogP contribution >= 0.6 is 0 Å². The number of hydrogen-bond acceptors (Lipinski definition) is 4. The van der Waals surface area contributed by atoms with Crippen molar-refractivity contribution in [1.29, 1.82) is 0 Å². The van der Waals surface area contributed by atoms with E-state index in [1.807, 2.05) is 0 Å². The van der Waals surface area contributed by atoms with E-state index in [4.69, 9.17) is 0 Å². The molecule has 0 bridgehead atoms. The lowest BCUT2D eigenvalue weighted by atomic mass is 10.00. The SMILES string of the molecule is COC(=O)CCN1CCNCC1(C)C. The Morgan fingerprint density at radius 2 is 2.29 bits per heavy atom. The maximum Gasteiger partial charge on any atom is 0.306 e. The highest BCUT2D eigenvalue weighted by molar-refractivity contribution is 5.69. The molecular formula is C10H20N2O2. The highest BCUT2D eigenvalue weighted by Gasteiger charge is 2.29. The molecule has 0 aromatic rings. The lowest BCUT2D eigenvalue weighted by Crippen LogP contribution is -2.58. The maximum absolute atomic E-state index is 11.0. The third-order valence-corrected chi connectivity index (χ3v) is 2.79. The van der Waals surface area contributed by atoms with Gasteiger partial charge in [0.1, 0.15) is 0 Å². The van der Waals surface area contributed by atoms with Crippen LogP contribution in [0.2, 0.25) is 0 Å². The van der Waals surface area contributed by atoms with Crippen LogP contribution in [-0.2, 0) is 9.53 Å². The van der Waals surface area contributed by atoms with E-state index in [1.54, 1.807) is 0 Å². The Labute approximate surface area is 85.6 Å². The molecule has 4 heteroatoms. The summed E-state index contributed by atoms with van der Waals surface area (Å²) in [6, 6.07) is 0. The Kier molecular flexibility index (Phi) is 3.89. The van der Waals surface area contributed by atoms with E-state index >= 15 is 0 Å². The first-order valence-electron chi connectivity index (χ1n) is 5.09. The Morgan fingerprint density at radius 3 is 2.86 bits per heavy atom. The number of nitrogens with one attached hydrogen (secondary N) is 1. The molecular weight excluding hydrogens is 180 g/mol. The number of carbonyl (C=O) groups excluding carboxylic acids is 1. The van der Waals surface area contributed by atoms with Gasteiger partial charge in [0, 0.05) is 31.7 Å². The van der Waals surface area contributed by atoms with Crippen molar-refractivity contribution in [2.75, 3.05) is 33.3 Å². The maximum atomic E-state index is 11.0. The van der Waals surface area contributed by atoms with E-state index in [9.17, 15) is 4.79 Å². The summed E-state index contributed by atoms with van der Waals surface area (Å²) in [5, 5.41) is 3.35. The molecule has 1 saturated heterocycles. The van der Waals surface area contributed by atoms with Crippen molar-refractivity contribution in [3.63, 3.8) is 0 Å². The Bertz CT molecular complexity index is 204. The number of carbonyl (C=O) groups is 1. The molecule has 0 unspecified atom stereocenters. The van der Waals surface area contributed by atoms with Crippen molar-refractivity contribution in [2.24, 2.45) is 0 Å². The molecule has 0 amide bonds. The zero-order chi connectivity index (χ0) is 10.6. The first-order chi connectivity index (χ1) is 6.56. The first kappa shape index (κ1) is 11.5. The van der Waals surface area contributed by atoms with Crippen molar-refractivity contribution in [2.45, 2.75) is 25.8 Å². The highest BCUT2D eigenvalue weighted by Crippen LogP contribution is 2.16. The molecule has 1 fully saturated rings. The van der Waals surface area contributed by atoms with Crippen molar-refractivity contribution >= 4 is 5.97 Å². The second-order valence-corrected chi connectivity index (χ2v) is 4.30. The van der Waals surface area contributed by atoms with E-state index in [1.165, 1.54) is 7.11 Å². The summed E-state index contributed by atoms with van der Waals surface area (Å²) in [6.45, 7) is 8.16. The van der Waals surface area contributed by atoms with Crippen LogP contribution in [0.3, 0.4) is 0 Å². The second-order valence-electron chi connectivity index (χ2n) is 4.30. The number of rotatable bonds is 3. The van der Waals surface area contributed by atoms with Gasteiger partial charge in [0.05, 0.1) is 13.5 Å². The van der Waals surface area contributed by atoms with Gasteiger partial charge in [0.2, 0.25) is 0 Å². The molecule has 0 aromatic carbocycles. The Morgan fingerprint density at radius 1 is 1.57 bits per heavy atom. The molecule has 0 aromatic heterocycles. The first-order valence-corrected chi connectivity index (χ1v) is 5.09. The van der Waals surface area contributed by atoms with E-state index in [0.29, 0.717) is 6.42 Å². The molecule has 4 nitrogen and oxygen atoms in total. The van der Waals surface area contributed by atoms with Crippen LogP contribution in [0.25, 0.3) is 0 Å². The van der Waals surface area contributed by atoms with Gasteiger partial charge in [-0.25, -0.2) is 0 Å². The molecule has 0 atom stereocenters. The average molecular weight is 200 g/mol.